The number of thiazole rings is 1. The van der Waals surface area contributed by atoms with Crippen LogP contribution in [0.3, 0.4) is 0 Å². The molecule has 1 fully saturated rings. The lowest BCUT2D eigenvalue weighted by Gasteiger charge is -2.36. The second kappa shape index (κ2) is 8.89. The van der Waals surface area contributed by atoms with Crippen LogP contribution in [0.15, 0.2) is 46.7 Å². The molecule has 1 N–H and O–H groups in total. The van der Waals surface area contributed by atoms with Gasteiger partial charge in [-0.25, -0.2) is 4.98 Å². The van der Waals surface area contributed by atoms with Crippen LogP contribution >= 0.6 is 23.6 Å². The molecule has 0 bridgehead atoms. The highest BCUT2D eigenvalue weighted by molar-refractivity contribution is 7.80. The lowest BCUT2D eigenvalue weighted by molar-refractivity contribution is 0.173. The van der Waals surface area contributed by atoms with Gasteiger partial charge in [0.15, 0.2) is 10.1 Å². The van der Waals surface area contributed by atoms with Gasteiger partial charge in [0.1, 0.15) is 5.75 Å². The summed E-state index contributed by atoms with van der Waals surface area (Å²) in [6, 6.07) is 9.60. The van der Waals surface area contributed by atoms with Crippen molar-refractivity contribution in [2.45, 2.75) is 13.1 Å². The lowest BCUT2D eigenvalue weighted by atomic mass is 10.2. The molecule has 4 rings (SSSR count). The summed E-state index contributed by atoms with van der Waals surface area (Å²) < 4.78 is 6.77. The topological polar surface area (TPSA) is 62.1 Å². The van der Waals surface area contributed by atoms with E-state index in [4.69, 9.17) is 17.0 Å². The number of methoxy groups -OCH3 is 1. The van der Waals surface area contributed by atoms with E-state index in [9.17, 15) is 4.79 Å². The van der Waals surface area contributed by atoms with Gasteiger partial charge in [0.2, 0.25) is 0 Å². The smallest absolute Gasteiger partial charge is 0.258 e. The molecule has 1 saturated heterocycles. The van der Waals surface area contributed by atoms with Crippen LogP contribution < -0.4 is 15.6 Å². The minimum absolute atomic E-state index is 0.0196. The van der Waals surface area contributed by atoms with Crippen molar-refractivity contribution < 1.29 is 4.74 Å². The highest BCUT2D eigenvalue weighted by Crippen LogP contribution is 2.12. The first-order chi connectivity index (χ1) is 14.1. The maximum Gasteiger partial charge on any atom is 0.258 e. The molecule has 0 amide bonds. The van der Waals surface area contributed by atoms with Crippen LogP contribution in [0.1, 0.15) is 11.3 Å². The number of hydrogen-bond donors (Lipinski definition) is 1. The Balaban J connectivity index is 1.26. The number of ether oxygens (including phenoxy) is 1. The monoisotopic (exact) mass is 429 g/mol. The zero-order chi connectivity index (χ0) is 20.2. The Hall–Kier alpha value is -2.49. The third kappa shape index (κ3) is 4.75. The molecule has 0 radical (unpaired) electrons. The summed E-state index contributed by atoms with van der Waals surface area (Å²) in [6.45, 7) is 4.86. The Morgan fingerprint density at radius 3 is 2.72 bits per heavy atom. The number of nitrogens with zero attached hydrogens (tertiary/aromatic N) is 4. The first-order valence-corrected chi connectivity index (χ1v) is 10.7. The van der Waals surface area contributed by atoms with Crippen molar-refractivity contribution in [3.05, 3.63) is 63.5 Å². The molecule has 1 aliphatic rings. The molecule has 3 heterocycles. The van der Waals surface area contributed by atoms with Gasteiger partial charge in [-0.15, -0.1) is 11.3 Å². The number of fused-ring (bicyclic) bond motifs is 1. The van der Waals surface area contributed by atoms with Gasteiger partial charge < -0.3 is 15.0 Å². The number of rotatable bonds is 5. The third-order valence-electron chi connectivity index (χ3n) is 5.00. The summed E-state index contributed by atoms with van der Waals surface area (Å²) in [5, 5.41) is 5.99. The highest BCUT2D eigenvalue weighted by atomic mass is 32.1. The Kier molecular flexibility index (Phi) is 6.08. The molecule has 3 aromatic rings. The second-order valence-electron chi connectivity index (χ2n) is 6.91. The zero-order valence-electron chi connectivity index (χ0n) is 16.2. The molecular formula is C20H23N5O2S2. The van der Waals surface area contributed by atoms with Crippen LogP contribution in [-0.4, -0.2) is 57.6 Å². The van der Waals surface area contributed by atoms with Crippen molar-refractivity contribution >= 4 is 33.6 Å². The Morgan fingerprint density at radius 2 is 2.00 bits per heavy atom. The molecule has 152 valence electrons. The molecule has 0 atom stereocenters. The van der Waals surface area contributed by atoms with Gasteiger partial charge in [0.25, 0.3) is 5.56 Å². The van der Waals surface area contributed by atoms with Gasteiger partial charge in [-0.3, -0.25) is 14.1 Å². The van der Waals surface area contributed by atoms with E-state index in [1.807, 2.05) is 29.6 Å². The van der Waals surface area contributed by atoms with Gasteiger partial charge in [0, 0.05) is 56.9 Å². The molecule has 0 spiro atoms. The molecule has 7 nitrogen and oxygen atoms in total. The standard InChI is InChI=1S/C20H23N5O2S2/c1-27-17-4-2-15(3-5-17)13-21-19(28)24-8-6-23(7-9-24)14-16-12-18(26)25-10-11-29-20(25)22-16/h2-5,10-12H,6-9,13-14H2,1H3,(H,21,28). The van der Waals surface area contributed by atoms with E-state index in [1.54, 1.807) is 23.8 Å². The minimum atomic E-state index is -0.0196. The van der Waals surface area contributed by atoms with Crippen LogP contribution in [0.25, 0.3) is 4.96 Å². The van der Waals surface area contributed by atoms with Crippen molar-refractivity contribution in [3.8, 4) is 5.75 Å². The summed E-state index contributed by atoms with van der Waals surface area (Å²) in [5.41, 5.74) is 1.97. The molecular weight excluding hydrogens is 406 g/mol. The maximum atomic E-state index is 12.1. The van der Waals surface area contributed by atoms with Crippen molar-refractivity contribution in [3.63, 3.8) is 0 Å². The van der Waals surface area contributed by atoms with Crippen LogP contribution in [0.2, 0.25) is 0 Å². The van der Waals surface area contributed by atoms with E-state index in [0.29, 0.717) is 13.1 Å². The number of piperazine rings is 1. The number of hydrogen-bond acceptors (Lipinski definition) is 6. The minimum Gasteiger partial charge on any atom is -0.497 e. The van der Waals surface area contributed by atoms with Crippen molar-refractivity contribution in [2.24, 2.45) is 0 Å². The molecule has 9 heteroatoms. The van der Waals surface area contributed by atoms with E-state index >= 15 is 0 Å². The molecule has 0 aliphatic carbocycles. The quantitative estimate of drug-likeness (QED) is 0.622. The average Bonchev–Trinajstić information content (AvgIpc) is 3.22. The number of thiocarbonyl (C=S) groups is 1. The van der Waals surface area contributed by atoms with Gasteiger partial charge in [-0.1, -0.05) is 12.1 Å². The lowest BCUT2D eigenvalue weighted by Crippen LogP contribution is -2.51. The van der Waals surface area contributed by atoms with Gasteiger partial charge >= 0.3 is 0 Å². The molecule has 0 saturated carbocycles. The maximum absolute atomic E-state index is 12.1. The number of benzene rings is 1. The fourth-order valence-corrected chi connectivity index (χ4v) is 4.33. The van der Waals surface area contributed by atoms with Gasteiger partial charge in [0.05, 0.1) is 12.8 Å². The summed E-state index contributed by atoms with van der Waals surface area (Å²) in [7, 11) is 1.66. The zero-order valence-corrected chi connectivity index (χ0v) is 17.8. The van der Waals surface area contributed by atoms with E-state index in [2.05, 4.69) is 20.1 Å². The summed E-state index contributed by atoms with van der Waals surface area (Å²) in [5.74, 6) is 0.850. The largest absolute Gasteiger partial charge is 0.497 e. The highest BCUT2D eigenvalue weighted by Gasteiger charge is 2.19. The van der Waals surface area contributed by atoms with E-state index in [1.165, 1.54) is 11.3 Å². The fourth-order valence-electron chi connectivity index (χ4n) is 3.34. The number of nitrogens with one attached hydrogen (secondary N) is 1. The van der Waals surface area contributed by atoms with Crippen molar-refractivity contribution in [1.29, 1.82) is 0 Å². The van der Waals surface area contributed by atoms with E-state index < -0.39 is 0 Å². The molecule has 0 unspecified atom stereocenters. The molecule has 29 heavy (non-hydrogen) atoms. The second-order valence-corrected chi connectivity index (χ2v) is 8.17. The van der Waals surface area contributed by atoms with Gasteiger partial charge in [-0.05, 0) is 29.9 Å². The fraction of sp³-hybridized carbons (Fsp3) is 0.350. The number of aromatic nitrogens is 2. The van der Waals surface area contributed by atoms with Crippen molar-refractivity contribution in [2.75, 3.05) is 33.3 Å². The van der Waals surface area contributed by atoms with Gasteiger partial charge in [-0.2, -0.15) is 0 Å². The first-order valence-electron chi connectivity index (χ1n) is 9.46. The third-order valence-corrected chi connectivity index (χ3v) is 6.16. The SMILES string of the molecule is COc1ccc(CNC(=S)N2CCN(Cc3cc(=O)n4ccsc4n3)CC2)cc1. The van der Waals surface area contributed by atoms with Crippen LogP contribution in [-0.2, 0) is 13.1 Å². The predicted octanol–water partition coefficient (Wildman–Crippen LogP) is 1.96. The summed E-state index contributed by atoms with van der Waals surface area (Å²) in [6.07, 6.45) is 1.76. The summed E-state index contributed by atoms with van der Waals surface area (Å²) >= 11 is 7.05. The van der Waals surface area contributed by atoms with Crippen molar-refractivity contribution in [1.82, 2.24) is 24.5 Å². The Bertz CT molecular complexity index is 1040. The molecule has 2 aromatic heterocycles. The average molecular weight is 430 g/mol. The Labute approximate surface area is 178 Å². The van der Waals surface area contributed by atoms with Crippen LogP contribution in [0.4, 0.5) is 0 Å². The van der Waals surface area contributed by atoms with Crippen LogP contribution in [0.5, 0.6) is 5.75 Å². The molecule has 1 aromatic carbocycles. The first kappa shape index (κ1) is 19.8. The van der Waals surface area contributed by atoms with E-state index in [-0.39, 0.29) is 5.56 Å². The molecule has 1 aliphatic heterocycles. The van der Waals surface area contributed by atoms with Crippen LogP contribution in [0, 0.1) is 0 Å². The predicted molar refractivity (Wildman–Crippen MR) is 119 cm³/mol. The van der Waals surface area contributed by atoms with E-state index in [0.717, 1.165) is 53.3 Å². The normalized spacial score (nSPS) is 14.9. The summed E-state index contributed by atoms with van der Waals surface area (Å²) in [4.78, 5) is 22.0. The Morgan fingerprint density at radius 1 is 1.24 bits per heavy atom.